The molecule has 0 radical (unpaired) electrons. The van der Waals surface area contributed by atoms with Crippen LogP contribution in [0, 0.1) is 0 Å². The number of benzene rings is 1. The van der Waals surface area contributed by atoms with Gasteiger partial charge in [0, 0.05) is 24.3 Å². The summed E-state index contributed by atoms with van der Waals surface area (Å²) in [6.07, 6.45) is 5.06. The first kappa shape index (κ1) is 15.4. The second kappa shape index (κ2) is 8.32. The molecule has 1 amide bonds. The Bertz CT molecular complexity index is 404. The van der Waals surface area contributed by atoms with Gasteiger partial charge in [0.05, 0.1) is 0 Å². The van der Waals surface area contributed by atoms with Crippen LogP contribution in [0.4, 0.5) is 0 Å². The number of carbonyl (C=O) groups is 1. The summed E-state index contributed by atoms with van der Waals surface area (Å²) in [6, 6.07) is 9.92. The molecule has 3 nitrogen and oxygen atoms in total. The fraction of sp³-hybridized carbons (Fsp3) is 0.562. The van der Waals surface area contributed by atoms with Crippen molar-refractivity contribution in [2.24, 2.45) is 5.73 Å². The van der Waals surface area contributed by atoms with Crippen molar-refractivity contribution < 1.29 is 4.79 Å². The third kappa shape index (κ3) is 5.17. The molecular weight excluding hydrogens is 268 g/mol. The fourth-order valence-electron chi connectivity index (χ4n) is 2.44. The summed E-state index contributed by atoms with van der Waals surface area (Å²) in [5.74, 6) is 1.36. The monoisotopic (exact) mass is 292 g/mol. The van der Waals surface area contributed by atoms with E-state index in [0.717, 1.165) is 12.1 Å². The van der Waals surface area contributed by atoms with E-state index in [9.17, 15) is 4.79 Å². The predicted octanol–water partition coefficient (Wildman–Crippen LogP) is 2.87. The summed E-state index contributed by atoms with van der Waals surface area (Å²) >= 11 is 1.99. The average Bonchev–Trinajstić information content (AvgIpc) is 2.52. The molecule has 1 aliphatic rings. The first-order valence-corrected chi connectivity index (χ1v) is 8.49. The topological polar surface area (TPSA) is 55.1 Å². The largest absolute Gasteiger partial charge is 0.355 e. The van der Waals surface area contributed by atoms with Crippen LogP contribution in [0.2, 0.25) is 0 Å². The minimum Gasteiger partial charge on any atom is -0.355 e. The Kier molecular flexibility index (Phi) is 6.40. The maximum atomic E-state index is 11.8. The van der Waals surface area contributed by atoms with Gasteiger partial charge in [-0.3, -0.25) is 4.79 Å². The fourth-order valence-corrected chi connectivity index (χ4v) is 3.68. The second-order valence-electron chi connectivity index (χ2n) is 5.35. The summed E-state index contributed by atoms with van der Waals surface area (Å²) in [5.41, 5.74) is 7.20. The predicted molar refractivity (Wildman–Crippen MR) is 85.7 cm³/mol. The first-order chi connectivity index (χ1) is 9.75. The lowest BCUT2D eigenvalue weighted by atomic mass is 10.0. The molecule has 4 heteroatoms. The normalized spacial score (nSPS) is 20.4. The smallest absolute Gasteiger partial charge is 0.220 e. The highest BCUT2D eigenvalue weighted by atomic mass is 32.2. The summed E-state index contributed by atoms with van der Waals surface area (Å²) in [5, 5.41) is 3.65. The van der Waals surface area contributed by atoms with Gasteiger partial charge in [-0.05, 0) is 30.6 Å². The van der Waals surface area contributed by atoms with Crippen molar-refractivity contribution in [2.75, 3.05) is 12.3 Å². The zero-order valence-corrected chi connectivity index (χ0v) is 12.7. The minimum absolute atomic E-state index is 0.0500. The lowest BCUT2D eigenvalue weighted by Gasteiger charge is -2.21. The molecule has 1 aliphatic heterocycles. The standard InChI is InChI=1S/C16H24N2OS/c17-15(13-6-2-1-3-7-13)9-10-16(19)18-12-14-8-4-5-11-20-14/h1-3,6-7,14-15H,4-5,8-12,17H2,(H,18,19). The number of hydrogen-bond acceptors (Lipinski definition) is 3. The summed E-state index contributed by atoms with van der Waals surface area (Å²) in [4.78, 5) is 11.8. The maximum absolute atomic E-state index is 11.8. The molecule has 1 heterocycles. The van der Waals surface area contributed by atoms with Gasteiger partial charge in [-0.1, -0.05) is 36.8 Å². The van der Waals surface area contributed by atoms with Crippen molar-refractivity contribution in [1.29, 1.82) is 0 Å². The van der Waals surface area contributed by atoms with Crippen molar-refractivity contribution in [3.05, 3.63) is 35.9 Å². The molecule has 1 saturated heterocycles. The van der Waals surface area contributed by atoms with Crippen LogP contribution in [-0.4, -0.2) is 23.5 Å². The van der Waals surface area contributed by atoms with Crippen molar-refractivity contribution >= 4 is 17.7 Å². The maximum Gasteiger partial charge on any atom is 0.220 e. The molecular formula is C16H24N2OS. The van der Waals surface area contributed by atoms with Crippen molar-refractivity contribution in [1.82, 2.24) is 5.32 Å². The molecule has 1 fully saturated rings. The van der Waals surface area contributed by atoms with E-state index in [4.69, 9.17) is 5.73 Å². The Morgan fingerprint density at radius 1 is 1.35 bits per heavy atom. The van der Waals surface area contributed by atoms with Gasteiger partial charge in [0.15, 0.2) is 0 Å². The summed E-state index contributed by atoms with van der Waals surface area (Å²) in [6.45, 7) is 0.810. The first-order valence-electron chi connectivity index (χ1n) is 7.44. The molecule has 0 spiro atoms. The molecule has 1 aromatic carbocycles. The van der Waals surface area contributed by atoms with Crippen LogP contribution in [0.1, 0.15) is 43.7 Å². The number of hydrogen-bond donors (Lipinski definition) is 2. The van der Waals surface area contributed by atoms with Gasteiger partial charge in [-0.25, -0.2) is 0 Å². The zero-order chi connectivity index (χ0) is 14.2. The van der Waals surface area contributed by atoms with Gasteiger partial charge in [0.2, 0.25) is 5.91 Å². The van der Waals surface area contributed by atoms with E-state index in [1.165, 1.54) is 25.0 Å². The lowest BCUT2D eigenvalue weighted by Crippen LogP contribution is -2.32. The molecule has 1 aromatic rings. The van der Waals surface area contributed by atoms with Crippen LogP contribution < -0.4 is 11.1 Å². The molecule has 0 bridgehead atoms. The SMILES string of the molecule is NC(CCC(=O)NCC1CCCCS1)c1ccccc1. The van der Waals surface area contributed by atoms with Gasteiger partial charge in [0.25, 0.3) is 0 Å². The van der Waals surface area contributed by atoms with Gasteiger partial charge >= 0.3 is 0 Å². The highest BCUT2D eigenvalue weighted by molar-refractivity contribution is 7.99. The number of thioether (sulfide) groups is 1. The van der Waals surface area contributed by atoms with E-state index in [1.807, 2.05) is 42.1 Å². The molecule has 2 unspecified atom stereocenters. The van der Waals surface area contributed by atoms with E-state index in [2.05, 4.69) is 5.32 Å². The molecule has 2 rings (SSSR count). The van der Waals surface area contributed by atoms with Crippen LogP contribution in [-0.2, 0) is 4.79 Å². The van der Waals surface area contributed by atoms with Gasteiger partial charge < -0.3 is 11.1 Å². The number of nitrogens with one attached hydrogen (secondary N) is 1. The number of carbonyl (C=O) groups excluding carboxylic acids is 1. The van der Waals surface area contributed by atoms with Crippen LogP contribution in [0.3, 0.4) is 0 Å². The summed E-state index contributed by atoms with van der Waals surface area (Å²) < 4.78 is 0. The number of nitrogens with two attached hydrogens (primary N) is 1. The Balaban J connectivity index is 1.64. The zero-order valence-electron chi connectivity index (χ0n) is 11.9. The number of amides is 1. The molecule has 0 aromatic heterocycles. The molecule has 3 N–H and O–H groups in total. The van der Waals surface area contributed by atoms with Crippen molar-refractivity contribution in [3.8, 4) is 0 Å². The van der Waals surface area contributed by atoms with E-state index < -0.39 is 0 Å². The quantitative estimate of drug-likeness (QED) is 0.847. The molecule has 110 valence electrons. The number of rotatable bonds is 6. The van der Waals surface area contributed by atoms with Gasteiger partial charge in [0.1, 0.15) is 0 Å². The van der Waals surface area contributed by atoms with E-state index in [0.29, 0.717) is 18.1 Å². The van der Waals surface area contributed by atoms with Crippen LogP contribution in [0.25, 0.3) is 0 Å². The van der Waals surface area contributed by atoms with E-state index >= 15 is 0 Å². The van der Waals surface area contributed by atoms with Gasteiger partial charge in [-0.2, -0.15) is 11.8 Å². The highest BCUT2D eigenvalue weighted by Crippen LogP contribution is 2.24. The molecule has 0 aliphatic carbocycles. The van der Waals surface area contributed by atoms with Gasteiger partial charge in [-0.15, -0.1) is 0 Å². The average molecular weight is 292 g/mol. The molecule has 0 saturated carbocycles. The van der Waals surface area contributed by atoms with Crippen LogP contribution in [0.5, 0.6) is 0 Å². The van der Waals surface area contributed by atoms with E-state index in [1.54, 1.807) is 0 Å². The Labute approximate surface area is 125 Å². The molecule has 20 heavy (non-hydrogen) atoms. The Morgan fingerprint density at radius 3 is 2.85 bits per heavy atom. The third-order valence-corrected chi connectivity index (χ3v) is 5.11. The highest BCUT2D eigenvalue weighted by Gasteiger charge is 2.15. The second-order valence-corrected chi connectivity index (χ2v) is 6.76. The summed E-state index contributed by atoms with van der Waals surface area (Å²) in [7, 11) is 0. The minimum atomic E-state index is -0.0500. The van der Waals surface area contributed by atoms with Crippen molar-refractivity contribution in [2.45, 2.75) is 43.4 Å². The lowest BCUT2D eigenvalue weighted by molar-refractivity contribution is -0.121. The Morgan fingerprint density at radius 2 is 2.15 bits per heavy atom. The third-order valence-electron chi connectivity index (χ3n) is 3.71. The molecule has 2 atom stereocenters. The van der Waals surface area contributed by atoms with Crippen LogP contribution >= 0.6 is 11.8 Å². The Hall–Kier alpha value is -1.00. The van der Waals surface area contributed by atoms with Crippen molar-refractivity contribution in [3.63, 3.8) is 0 Å². The van der Waals surface area contributed by atoms with Crippen LogP contribution in [0.15, 0.2) is 30.3 Å². The van der Waals surface area contributed by atoms with E-state index in [-0.39, 0.29) is 11.9 Å².